The van der Waals surface area contributed by atoms with E-state index in [9.17, 15) is 13.2 Å². The largest absolute Gasteiger partial charge is 0.391 e. The number of alkyl halides is 3. The summed E-state index contributed by atoms with van der Waals surface area (Å²) < 4.78 is 36.8. The van der Waals surface area contributed by atoms with Gasteiger partial charge in [-0.1, -0.05) is 181 Å². The van der Waals surface area contributed by atoms with Gasteiger partial charge in [0.05, 0.1) is 12.0 Å². The highest BCUT2D eigenvalue weighted by Crippen LogP contribution is 2.42. The van der Waals surface area contributed by atoms with Crippen molar-refractivity contribution in [1.29, 1.82) is 5.26 Å². The van der Waals surface area contributed by atoms with Gasteiger partial charge in [-0.15, -0.1) is 0 Å². The van der Waals surface area contributed by atoms with E-state index in [1.54, 1.807) is 0 Å². The lowest BCUT2D eigenvalue weighted by Crippen LogP contribution is -2.29. The third-order valence-electron chi connectivity index (χ3n) is 17.8. The second-order valence-electron chi connectivity index (χ2n) is 25.5. The van der Waals surface area contributed by atoms with Crippen LogP contribution in [0.1, 0.15) is 265 Å². The van der Waals surface area contributed by atoms with Crippen molar-refractivity contribution in [2.45, 2.75) is 271 Å². The molecule has 6 rings (SSSR count). The summed E-state index contributed by atoms with van der Waals surface area (Å²) in [5, 5.41) is 8.67. The molecule has 6 unspecified atom stereocenters. The van der Waals surface area contributed by atoms with Crippen molar-refractivity contribution >= 4 is 0 Å². The molecule has 380 valence electrons. The maximum atomic E-state index is 12.3. The molecule has 6 aliphatic carbocycles. The van der Waals surface area contributed by atoms with Gasteiger partial charge in [0, 0.05) is 5.92 Å². The zero-order valence-electron chi connectivity index (χ0n) is 45.9. The van der Waals surface area contributed by atoms with Crippen LogP contribution in [0, 0.1) is 118 Å². The van der Waals surface area contributed by atoms with Crippen LogP contribution in [0.4, 0.5) is 13.2 Å². The van der Waals surface area contributed by atoms with Gasteiger partial charge in [0.1, 0.15) is 0 Å². The summed E-state index contributed by atoms with van der Waals surface area (Å²) in [6, 6.07) is 2.36. The van der Waals surface area contributed by atoms with Gasteiger partial charge in [0.15, 0.2) is 0 Å². The Kier molecular flexibility index (Phi) is 31.5. The first-order chi connectivity index (χ1) is 29.9. The van der Waals surface area contributed by atoms with Crippen LogP contribution in [0.2, 0.25) is 0 Å². The second-order valence-corrected chi connectivity index (χ2v) is 25.5. The predicted octanol–water partition coefficient (Wildman–Crippen LogP) is 20.9. The highest BCUT2D eigenvalue weighted by atomic mass is 19.4. The first-order valence-corrected chi connectivity index (χ1v) is 28.4. The van der Waals surface area contributed by atoms with Crippen molar-refractivity contribution in [2.24, 2.45) is 107 Å². The molecule has 6 saturated carbocycles. The van der Waals surface area contributed by atoms with Gasteiger partial charge in [-0.25, -0.2) is 0 Å². The molecule has 0 amide bonds. The summed E-state index contributed by atoms with van der Waals surface area (Å²) in [4.78, 5) is 0. The third-order valence-corrected chi connectivity index (χ3v) is 17.8. The number of halogens is 3. The Balaban J connectivity index is 0.000000385. The molecule has 0 N–H and O–H groups in total. The summed E-state index contributed by atoms with van der Waals surface area (Å²) in [5.41, 5.74) is 0. The van der Waals surface area contributed by atoms with Gasteiger partial charge in [-0.05, 0) is 178 Å². The lowest BCUT2D eigenvalue weighted by molar-refractivity contribution is -0.184. The van der Waals surface area contributed by atoms with E-state index in [4.69, 9.17) is 5.26 Å². The Bertz CT molecular complexity index is 1080. The van der Waals surface area contributed by atoms with Crippen molar-refractivity contribution in [3.05, 3.63) is 0 Å². The molecule has 0 bridgehead atoms. The van der Waals surface area contributed by atoms with Gasteiger partial charge in [0.2, 0.25) is 0 Å². The molecule has 4 heteroatoms. The Labute approximate surface area is 400 Å². The van der Waals surface area contributed by atoms with Gasteiger partial charge >= 0.3 is 6.18 Å². The highest BCUT2D eigenvalue weighted by molar-refractivity contribution is 4.87. The van der Waals surface area contributed by atoms with Gasteiger partial charge < -0.3 is 0 Å². The zero-order valence-corrected chi connectivity index (χ0v) is 45.9. The topological polar surface area (TPSA) is 23.8 Å². The summed E-state index contributed by atoms with van der Waals surface area (Å²) in [6.07, 6.45) is 26.7. The minimum absolute atomic E-state index is 0.340. The van der Waals surface area contributed by atoms with Gasteiger partial charge in [0.25, 0.3) is 0 Å². The van der Waals surface area contributed by atoms with Gasteiger partial charge in [-0.3, -0.25) is 0 Å². The monoisotopic (exact) mass is 906 g/mol. The van der Waals surface area contributed by atoms with Crippen LogP contribution in [0.5, 0.6) is 0 Å². The fourth-order valence-corrected chi connectivity index (χ4v) is 12.2. The van der Waals surface area contributed by atoms with Crippen molar-refractivity contribution < 1.29 is 13.2 Å². The number of hydrogen-bond acceptors (Lipinski definition) is 1. The average molecular weight is 907 g/mol. The van der Waals surface area contributed by atoms with E-state index in [0.717, 1.165) is 109 Å². The lowest BCUT2D eigenvalue weighted by atomic mass is 9.77. The first-order valence-electron chi connectivity index (χ1n) is 28.4. The molecule has 6 atom stereocenters. The fraction of sp³-hybridized carbons (Fsp3) is 0.983. The van der Waals surface area contributed by atoms with Crippen LogP contribution in [0.25, 0.3) is 0 Å². The summed E-state index contributed by atoms with van der Waals surface area (Å²) in [6.45, 7) is 37.3. The van der Waals surface area contributed by atoms with Crippen LogP contribution < -0.4 is 0 Å². The van der Waals surface area contributed by atoms with Crippen LogP contribution in [-0.2, 0) is 0 Å². The molecule has 64 heavy (non-hydrogen) atoms. The second kappa shape index (κ2) is 32.9. The van der Waals surface area contributed by atoms with E-state index >= 15 is 0 Å². The molecule has 6 fully saturated rings. The Hall–Kier alpha value is -0.720. The summed E-state index contributed by atoms with van der Waals surface area (Å²) >= 11 is 0. The lowest BCUT2D eigenvalue weighted by Gasteiger charge is -2.31. The predicted molar refractivity (Wildman–Crippen MR) is 276 cm³/mol. The third kappa shape index (κ3) is 26.7. The molecule has 0 aromatic rings. The molecule has 0 aromatic carbocycles. The summed E-state index contributed by atoms with van der Waals surface area (Å²) in [7, 11) is 0. The molecule has 1 nitrogen and oxygen atoms in total. The van der Waals surface area contributed by atoms with E-state index in [0.29, 0.717) is 30.6 Å². The Morgan fingerprint density at radius 3 is 0.828 bits per heavy atom. The van der Waals surface area contributed by atoms with Crippen molar-refractivity contribution in [2.75, 3.05) is 0 Å². The molecular weight excluding hydrogens is 792 g/mol. The first kappa shape index (κ1) is 61.3. The SMILES string of the molecule is CC(C)C1CCC(C#N)CC1.CC(C)C1CCC(C(F)(F)F)CC1.CC1CCC(C(C)C)CC1.CC1CCCC(C(C)C)C1.CC1CCCC(C(C)C)C1.CC1CCCC(C(C)C)C1. The number of hydrogen-bond donors (Lipinski definition) is 0. The van der Waals surface area contributed by atoms with E-state index in [-0.39, 0.29) is 0 Å². The van der Waals surface area contributed by atoms with Crippen LogP contribution in [-0.4, -0.2) is 6.18 Å². The Morgan fingerprint density at radius 2 is 0.609 bits per heavy atom. The smallest absolute Gasteiger partial charge is 0.198 e. The molecule has 0 aromatic heterocycles. The molecule has 0 spiro atoms. The normalized spacial score (nSPS) is 33.5. The molecule has 0 heterocycles. The standard InChI is InChI=1S/C10H17F3.C10H17N.4C10H20/c1-7(2)8-3-5-9(6-4-8)10(11,12)13;1-8(2)10-5-3-9(7-11)4-6-10;1-8(2)10-6-4-9(3)5-7-10;3*1-8(2)10-6-4-5-9(3)7-10/h7-9H,3-6H2,1-2H3;8-10H,3-6H2,1-2H3;4*8-10H,4-7H2,1-3H3. The van der Waals surface area contributed by atoms with Crippen molar-refractivity contribution in [3.63, 3.8) is 0 Å². The van der Waals surface area contributed by atoms with E-state index in [2.05, 4.69) is 117 Å². The molecular formula is C60H114F3N. The van der Waals surface area contributed by atoms with Crippen LogP contribution in [0.15, 0.2) is 0 Å². The molecule has 0 saturated heterocycles. The van der Waals surface area contributed by atoms with Crippen LogP contribution in [0.3, 0.4) is 0 Å². The number of nitrogens with zero attached hydrogens (tertiary/aromatic N) is 1. The Morgan fingerprint density at radius 1 is 0.344 bits per heavy atom. The molecule has 0 radical (unpaired) electrons. The quantitative estimate of drug-likeness (QED) is 0.261. The minimum atomic E-state index is -3.96. The van der Waals surface area contributed by atoms with Crippen LogP contribution >= 0.6 is 0 Å². The van der Waals surface area contributed by atoms with E-state index in [1.165, 1.54) is 116 Å². The fourth-order valence-electron chi connectivity index (χ4n) is 12.2. The van der Waals surface area contributed by atoms with Crippen molar-refractivity contribution in [3.8, 4) is 6.07 Å². The van der Waals surface area contributed by atoms with Crippen molar-refractivity contribution in [1.82, 2.24) is 0 Å². The number of nitriles is 1. The maximum absolute atomic E-state index is 12.3. The van der Waals surface area contributed by atoms with E-state index in [1.807, 2.05) is 0 Å². The zero-order chi connectivity index (χ0) is 48.6. The average Bonchev–Trinajstić information content (AvgIpc) is 3.24. The minimum Gasteiger partial charge on any atom is -0.198 e. The van der Waals surface area contributed by atoms with E-state index < -0.39 is 12.1 Å². The summed E-state index contributed by atoms with van der Waals surface area (Å²) in [5.74, 6) is 13.9. The molecule has 0 aliphatic heterocycles. The molecule has 6 aliphatic rings. The number of rotatable bonds is 6. The maximum Gasteiger partial charge on any atom is 0.391 e. The van der Waals surface area contributed by atoms with Gasteiger partial charge in [-0.2, -0.15) is 18.4 Å². The highest BCUT2D eigenvalue weighted by Gasteiger charge is 2.41.